The maximum atomic E-state index is 12.3. The third kappa shape index (κ3) is 3.58. The third-order valence-electron chi connectivity index (χ3n) is 4.22. The van der Waals surface area contributed by atoms with Gasteiger partial charge in [0, 0.05) is 11.7 Å². The van der Waals surface area contributed by atoms with Crippen LogP contribution in [0.5, 0.6) is 0 Å². The number of rotatable bonds is 4. The van der Waals surface area contributed by atoms with Gasteiger partial charge >= 0.3 is 0 Å². The first-order chi connectivity index (χ1) is 10.6. The number of aryl methyl sites for hydroxylation is 1. The summed E-state index contributed by atoms with van der Waals surface area (Å²) in [5, 5.41) is 7.53. The minimum Gasteiger partial charge on any atom is -0.374 e. The van der Waals surface area contributed by atoms with Gasteiger partial charge in [0.1, 0.15) is 6.04 Å². The van der Waals surface area contributed by atoms with Gasteiger partial charge in [-0.05, 0) is 44.9 Å². The van der Waals surface area contributed by atoms with Gasteiger partial charge in [-0.15, -0.1) is 11.3 Å². The predicted molar refractivity (Wildman–Crippen MR) is 92.5 cm³/mol. The Balaban J connectivity index is 1.61. The summed E-state index contributed by atoms with van der Waals surface area (Å²) in [7, 11) is 0. The molecule has 0 saturated heterocycles. The van der Waals surface area contributed by atoms with Crippen molar-refractivity contribution in [1.29, 1.82) is 0 Å². The second-order valence-corrected chi connectivity index (χ2v) is 7.36. The molecule has 1 atom stereocenters. The fraction of sp³-hybridized carbons (Fsp3) is 0.529. The largest absolute Gasteiger partial charge is 0.374 e. The van der Waals surface area contributed by atoms with E-state index in [2.05, 4.69) is 21.7 Å². The molecule has 0 aliphatic heterocycles. The number of benzene rings is 1. The van der Waals surface area contributed by atoms with Gasteiger partial charge in [-0.2, -0.15) is 0 Å². The van der Waals surface area contributed by atoms with Crippen LogP contribution < -0.4 is 10.6 Å². The molecule has 2 aromatic rings. The molecule has 1 fully saturated rings. The van der Waals surface area contributed by atoms with Gasteiger partial charge in [0.25, 0.3) is 0 Å². The lowest BCUT2D eigenvalue weighted by molar-refractivity contribution is -0.122. The summed E-state index contributed by atoms with van der Waals surface area (Å²) in [6.07, 6.45) is 5.99. The van der Waals surface area contributed by atoms with Gasteiger partial charge in [0.05, 0.1) is 15.2 Å². The SMILES string of the molecule is Cc1nc2ccc(N[C@H](C)C(=O)NC3CCCCC3)cc2s1. The van der Waals surface area contributed by atoms with Gasteiger partial charge in [-0.1, -0.05) is 19.3 Å². The van der Waals surface area contributed by atoms with Gasteiger partial charge < -0.3 is 10.6 Å². The van der Waals surface area contributed by atoms with Gasteiger partial charge in [0.2, 0.25) is 5.91 Å². The van der Waals surface area contributed by atoms with Crippen molar-refractivity contribution in [3.05, 3.63) is 23.2 Å². The molecule has 1 heterocycles. The number of carbonyl (C=O) groups is 1. The van der Waals surface area contributed by atoms with E-state index in [4.69, 9.17) is 0 Å². The number of nitrogens with one attached hydrogen (secondary N) is 2. The first-order valence-electron chi connectivity index (χ1n) is 8.06. The Morgan fingerprint density at radius 2 is 2.09 bits per heavy atom. The van der Waals surface area contributed by atoms with E-state index in [1.807, 2.05) is 26.0 Å². The molecule has 5 heteroatoms. The summed E-state index contributed by atoms with van der Waals surface area (Å²) in [5.74, 6) is 0.0903. The highest BCUT2D eigenvalue weighted by molar-refractivity contribution is 7.18. The molecule has 1 aromatic carbocycles. The summed E-state index contributed by atoms with van der Waals surface area (Å²) in [6, 6.07) is 6.20. The molecule has 0 bridgehead atoms. The van der Waals surface area contributed by atoms with Gasteiger partial charge in [0.15, 0.2) is 0 Å². The van der Waals surface area contributed by atoms with E-state index in [0.717, 1.165) is 33.8 Å². The molecule has 1 aliphatic rings. The standard InChI is InChI=1S/C17H23N3OS/c1-11(17(21)20-13-6-4-3-5-7-13)18-14-8-9-15-16(10-14)22-12(2)19-15/h8-11,13,18H,3-7H2,1-2H3,(H,20,21)/t11-/m1/s1. The van der Waals surface area contributed by atoms with Crippen molar-refractivity contribution in [2.24, 2.45) is 0 Å². The number of carbonyl (C=O) groups excluding carboxylic acids is 1. The molecular formula is C17H23N3OS. The summed E-state index contributed by atoms with van der Waals surface area (Å²) in [6.45, 7) is 3.93. The zero-order valence-electron chi connectivity index (χ0n) is 13.2. The molecule has 0 spiro atoms. The Kier molecular flexibility index (Phi) is 4.62. The molecule has 3 rings (SSSR count). The van der Waals surface area contributed by atoms with Crippen LogP contribution in [0.25, 0.3) is 10.2 Å². The second kappa shape index (κ2) is 6.65. The van der Waals surface area contributed by atoms with Crippen molar-refractivity contribution in [2.45, 2.75) is 58.0 Å². The number of fused-ring (bicyclic) bond motifs is 1. The topological polar surface area (TPSA) is 54.0 Å². The Morgan fingerprint density at radius 1 is 1.32 bits per heavy atom. The van der Waals surface area contributed by atoms with E-state index in [0.29, 0.717) is 6.04 Å². The smallest absolute Gasteiger partial charge is 0.242 e. The highest BCUT2D eigenvalue weighted by atomic mass is 32.1. The van der Waals surface area contributed by atoms with Crippen LogP contribution in [0, 0.1) is 6.92 Å². The number of hydrogen-bond donors (Lipinski definition) is 2. The molecule has 118 valence electrons. The van der Waals surface area contributed by atoms with Crippen LogP contribution in [0.4, 0.5) is 5.69 Å². The molecule has 1 aromatic heterocycles. The van der Waals surface area contributed by atoms with Crippen LogP contribution in [-0.2, 0) is 4.79 Å². The number of aromatic nitrogens is 1. The van der Waals surface area contributed by atoms with E-state index >= 15 is 0 Å². The van der Waals surface area contributed by atoms with E-state index in [1.54, 1.807) is 11.3 Å². The van der Waals surface area contributed by atoms with Crippen LogP contribution in [0.2, 0.25) is 0 Å². The summed E-state index contributed by atoms with van der Waals surface area (Å²) >= 11 is 1.68. The highest BCUT2D eigenvalue weighted by Gasteiger charge is 2.19. The van der Waals surface area contributed by atoms with E-state index < -0.39 is 0 Å². The highest BCUT2D eigenvalue weighted by Crippen LogP contribution is 2.25. The number of hydrogen-bond acceptors (Lipinski definition) is 4. The maximum Gasteiger partial charge on any atom is 0.242 e. The molecule has 1 saturated carbocycles. The normalized spacial score (nSPS) is 17.4. The molecule has 1 aliphatic carbocycles. The summed E-state index contributed by atoms with van der Waals surface area (Å²) < 4.78 is 1.15. The van der Waals surface area contributed by atoms with Gasteiger partial charge in [-0.3, -0.25) is 4.79 Å². The minimum absolute atomic E-state index is 0.0903. The molecule has 2 N–H and O–H groups in total. The number of anilines is 1. The zero-order valence-corrected chi connectivity index (χ0v) is 14.0. The average Bonchev–Trinajstić information content (AvgIpc) is 2.87. The molecular weight excluding hydrogens is 294 g/mol. The van der Waals surface area contributed by atoms with Crippen molar-refractivity contribution < 1.29 is 4.79 Å². The quantitative estimate of drug-likeness (QED) is 0.900. The van der Waals surface area contributed by atoms with Crippen LogP contribution in [0.15, 0.2) is 18.2 Å². The number of nitrogens with zero attached hydrogens (tertiary/aromatic N) is 1. The summed E-state index contributed by atoms with van der Waals surface area (Å²) in [5.41, 5.74) is 2.00. The van der Waals surface area contributed by atoms with E-state index in [-0.39, 0.29) is 11.9 Å². The Labute approximate surface area is 135 Å². The summed E-state index contributed by atoms with van der Waals surface area (Å²) in [4.78, 5) is 16.8. The maximum absolute atomic E-state index is 12.3. The van der Waals surface area contributed by atoms with Crippen LogP contribution in [0.3, 0.4) is 0 Å². The lowest BCUT2D eigenvalue weighted by atomic mass is 9.95. The van der Waals surface area contributed by atoms with E-state index in [9.17, 15) is 4.79 Å². The minimum atomic E-state index is -0.228. The monoisotopic (exact) mass is 317 g/mol. The molecule has 0 unspecified atom stereocenters. The van der Waals surface area contributed by atoms with Crippen molar-refractivity contribution in [1.82, 2.24) is 10.3 Å². The number of amides is 1. The first kappa shape index (κ1) is 15.3. The van der Waals surface area contributed by atoms with Crippen molar-refractivity contribution >= 4 is 33.1 Å². The fourth-order valence-electron chi connectivity index (χ4n) is 3.02. The average molecular weight is 317 g/mol. The zero-order chi connectivity index (χ0) is 15.5. The number of thiazole rings is 1. The van der Waals surface area contributed by atoms with E-state index in [1.165, 1.54) is 19.3 Å². The van der Waals surface area contributed by atoms with Crippen molar-refractivity contribution in [3.63, 3.8) is 0 Å². The van der Waals surface area contributed by atoms with Crippen molar-refractivity contribution in [2.75, 3.05) is 5.32 Å². The van der Waals surface area contributed by atoms with Crippen molar-refractivity contribution in [3.8, 4) is 0 Å². The molecule has 0 radical (unpaired) electrons. The van der Waals surface area contributed by atoms with Gasteiger partial charge in [-0.25, -0.2) is 4.98 Å². The predicted octanol–water partition coefficient (Wildman–Crippen LogP) is 3.85. The molecule has 22 heavy (non-hydrogen) atoms. The molecule has 4 nitrogen and oxygen atoms in total. The van der Waals surface area contributed by atoms with Crippen LogP contribution in [0.1, 0.15) is 44.0 Å². The lowest BCUT2D eigenvalue weighted by Crippen LogP contribution is -2.43. The second-order valence-electron chi connectivity index (χ2n) is 6.12. The van der Waals surface area contributed by atoms with Crippen LogP contribution in [-0.4, -0.2) is 23.0 Å². The lowest BCUT2D eigenvalue weighted by Gasteiger charge is -2.25. The van der Waals surface area contributed by atoms with Crippen LogP contribution >= 0.6 is 11.3 Å². The first-order valence-corrected chi connectivity index (χ1v) is 8.87. The molecule has 1 amide bonds. The Morgan fingerprint density at radius 3 is 2.86 bits per heavy atom. The fourth-order valence-corrected chi connectivity index (χ4v) is 3.88. The Hall–Kier alpha value is -1.62. The Bertz CT molecular complexity index is 661. The third-order valence-corrected chi connectivity index (χ3v) is 5.16.